The van der Waals surface area contributed by atoms with Gasteiger partial charge in [-0.15, -0.1) is 11.6 Å². The first-order valence-electron chi connectivity index (χ1n) is 5.28. The molecule has 0 amide bonds. The zero-order valence-corrected chi connectivity index (χ0v) is 11.5. The van der Waals surface area contributed by atoms with Crippen molar-refractivity contribution in [2.24, 2.45) is 0 Å². The van der Waals surface area contributed by atoms with Gasteiger partial charge in [-0.2, -0.15) is 0 Å². The number of hydrogen-bond donors (Lipinski definition) is 0. The summed E-state index contributed by atoms with van der Waals surface area (Å²) in [6.07, 6.45) is 0. The maximum absolute atomic E-state index is 12.3. The van der Waals surface area contributed by atoms with Crippen molar-refractivity contribution in [1.82, 2.24) is 0 Å². The first-order chi connectivity index (χ1) is 8.61. The second kappa shape index (κ2) is 5.75. The van der Waals surface area contributed by atoms with Crippen LogP contribution in [0, 0.1) is 0 Å². The van der Waals surface area contributed by atoms with E-state index in [4.69, 9.17) is 34.8 Å². The fraction of sp³-hybridized carbons (Fsp3) is 0.0714. The molecule has 0 radical (unpaired) electrons. The van der Waals surface area contributed by atoms with Gasteiger partial charge in [0, 0.05) is 0 Å². The highest BCUT2D eigenvalue weighted by Crippen LogP contribution is 2.32. The molecular weight excluding hydrogens is 291 g/mol. The highest BCUT2D eigenvalue weighted by atomic mass is 35.5. The quantitative estimate of drug-likeness (QED) is 0.565. The topological polar surface area (TPSA) is 17.1 Å². The van der Waals surface area contributed by atoms with Crippen molar-refractivity contribution in [2.45, 2.75) is 5.38 Å². The van der Waals surface area contributed by atoms with Gasteiger partial charge in [-0.1, -0.05) is 59.6 Å². The smallest absolute Gasteiger partial charge is 0.188 e. The number of Topliss-reactive ketones (excluding diaryl/α,β-unsaturated/α-hetero) is 1. The largest absolute Gasteiger partial charge is 0.292 e. The van der Waals surface area contributed by atoms with Crippen LogP contribution in [0.1, 0.15) is 21.3 Å². The number of alkyl halides is 1. The van der Waals surface area contributed by atoms with Gasteiger partial charge in [0.1, 0.15) is 5.38 Å². The zero-order valence-electron chi connectivity index (χ0n) is 9.24. The van der Waals surface area contributed by atoms with Crippen LogP contribution in [0.15, 0.2) is 48.5 Å². The Balaban J connectivity index is 2.38. The van der Waals surface area contributed by atoms with Crippen molar-refractivity contribution in [1.29, 1.82) is 0 Å². The highest BCUT2D eigenvalue weighted by Gasteiger charge is 2.23. The molecule has 0 aliphatic heterocycles. The van der Waals surface area contributed by atoms with Crippen molar-refractivity contribution >= 4 is 40.6 Å². The molecule has 4 heteroatoms. The Labute approximate surface area is 120 Å². The summed E-state index contributed by atoms with van der Waals surface area (Å²) >= 11 is 18.2. The van der Waals surface area contributed by atoms with E-state index in [2.05, 4.69) is 0 Å². The average molecular weight is 300 g/mol. The van der Waals surface area contributed by atoms with Crippen LogP contribution >= 0.6 is 34.8 Å². The zero-order chi connectivity index (χ0) is 13.1. The molecule has 0 fully saturated rings. The van der Waals surface area contributed by atoms with Gasteiger partial charge in [-0.3, -0.25) is 4.79 Å². The van der Waals surface area contributed by atoms with Gasteiger partial charge in [-0.25, -0.2) is 0 Å². The second-order valence-corrected chi connectivity index (χ2v) is 4.98. The Bertz CT molecular complexity index is 546. The van der Waals surface area contributed by atoms with E-state index in [-0.39, 0.29) is 11.3 Å². The molecule has 0 saturated heterocycles. The van der Waals surface area contributed by atoms with Crippen molar-refractivity contribution in [2.75, 3.05) is 0 Å². The van der Waals surface area contributed by atoms with Crippen LogP contribution in [-0.4, -0.2) is 5.78 Å². The lowest BCUT2D eigenvalue weighted by Crippen LogP contribution is -2.08. The molecule has 1 unspecified atom stereocenters. The number of carbonyl (C=O) groups excluding carboxylic acids is 1. The van der Waals surface area contributed by atoms with Crippen LogP contribution in [0.5, 0.6) is 0 Å². The number of carbonyl (C=O) groups is 1. The molecule has 18 heavy (non-hydrogen) atoms. The van der Waals surface area contributed by atoms with E-state index < -0.39 is 5.38 Å². The number of rotatable bonds is 3. The van der Waals surface area contributed by atoms with Crippen molar-refractivity contribution in [3.63, 3.8) is 0 Å². The third-order valence-corrected chi connectivity index (χ3v) is 3.61. The summed E-state index contributed by atoms with van der Waals surface area (Å²) in [6.45, 7) is 0. The van der Waals surface area contributed by atoms with E-state index in [1.807, 2.05) is 18.2 Å². The van der Waals surface area contributed by atoms with E-state index in [1.54, 1.807) is 30.3 Å². The maximum atomic E-state index is 12.3. The van der Waals surface area contributed by atoms with Gasteiger partial charge in [0.15, 0.2) is 5.78 Å². The van der Waals surface area contributed by atoms with Crippen molar-refractivity contribution in [3.8, 4) is 0 Å². The van der Waals surface area contributed by atoms with E-state index in [0.717, 1.165) is 5.56 Å². The van der Waals surface area contributed by atoms with Gasteiger partial charge in [-0.05, 0) is 17.7 Å². The molecule has 0 bridgehead atoms. The average Bonchev–Trinajstić information content (AvgIpc) is 2.38. The third-order valence-electron chi connectivity index (χ3n) is 2.53. The Morgan fingerprint density at radius 2 is 1.44 bits per heavy atom. The lowest BCUT2D eigenvalue weighted by Gasteiger charge is -2.11. The van der Waals surface area contributed by atoms with E-state index in [1.165, 1.54) is 0 Å². The lowest BCUT2D eigenvalue weighted by atomic mass is 10.0. The molecule has 0 saturated carbocycles. The predicted octanol–water partition coefficient (Wildman–Crippen LogP) is 5.16. The molecule has 0 aliphatic carbocycles. The molecule has 92 valence electrons. The van der Waals surface area contributed by atoms with Crippen molar-refractivity contribution in [3.05, 3.63) is 69.7 Å². The van der Waals surface area contributed by atoms with Crippen LogP contribution in [0.3, 0.4) is 0 Å². The molecule has 0 aromatic heterocycles. The summed E-state index contributed by atoms with van der Waals surface area (Å²) in [6, 6.07) is 14.0. The van der Waals surface area contributed by atoms with Crippen molar-refractivity contribution < 1.29 is 4.79 Å². The number of benzene rings is 2. The standard InChI is InChI=1S/C14H9Cl3O/c15-10-7-4-8-11(16)12(10)14(18)13(17)9-5-2-1-3-6-9/h1-8,13H. The van der Waals surface area contributed by atoms with E-state index >= 15 is 0 Å². The lowest BCUT2D eigenvalue weighted by molar-refractivity contribution is 0.0987. The minimum absolute atomic E-state index is 0.268. The summed E-state index contributed by atoms with van der Waals surface area (Å²) in [5.41, 5.74) is 0.991. The molecule has 1 atom stereocenters. The van der Waals surface area contributed by atoms with Crippen LogP contribution in [0.2, 0.25) is 10.0 Å². The van der Waals surface area contributed by atoms with Gasteiger partial charge in [0.2, 0.25) is 0 Å². The molecule has 2 aromatic carbocycles. The summed E-state index contributed by atoms with van der Waals surface area (Å²) in [5, 5.41) is -0.160. The summed E-state index contributed by atoms with van der Waals surface area (Å²) in [5.74, 6) is -0.293. The number of halogens is 3. The van der Waals surface area contributed by atoms with Crippen LogP contribution in [0.4, 0.5) is 0 Å². The molecule has 0 N–H and O–H groups in total. The number of hydrogen-bond acceptors (Lipinski definition) is 1. The molecule has 0 aliphatic rings. The predicted molar refractivity (Wildman–Crippen MR) is 75.8 cm³/mol. The molecule has 0 heterocycles. The molecule has 0 spiro atoms. The summed E-state index contributed by atoms with van der Waals surface area (Å²) < 4.78 is 0. The Morgan fingerprint density at radius 1 is 0.889 bits per heavy atom. The van der Waals surface area contributed by atoms with E-state index in [0.29, 0.717) is 10.0 Å². The Morgan fingerprint density at radius 3 is 2.00 bits per heavy atom. The Kier molecular flexibility index (Phi) is 4.28. The van der Waals surface area contributed by atoms with Gasteiger partial charge < -0.3 is 0 Å². The normalized spacial score (nSPS) is 12.2. The maximum Gasteiger partial charge on any atom is 0.188 e. The monoisotopic (exact) mass is 298 g/mol. The fourth-order valence-corrected chi connectivity index (χ4v) is 2.47. The van der Waals surface area contributed by atoms with Crippen LogP contribution in [-0.2, 0) is 0 Å². The summed E-state index contributed by atoms with van der Waals surface area (Å²) in [4.78, 5) is 12.3. The Hall–Kier alpha value is -1.02. The fourth-order valence-electron chi connectivity index (χ4n) is 1.63. The molecular formula is C14H9Cl3O. The minimum Gasteiger partial charge on any atom is -0.292 e. The first-order valence-corrected chi connectivity index (χ1v) is 6.47. The summed E-state index contributed by atoms with van der Waals surface area (Å²) in [7, 11) is 0. The van der Waals surface area contributed by atoms with Gasteiger partial charge in [0.05, 0.1) is 15.6 Å². The molecule has 2 aromatic rings. The number of ketones is 1. The van der Waals surface area contributed by atoms with E-state index in [9.17, 15) is 4.79 Å². The molecule has 1 nitrogen and oxygen atoms in total. The SMILES string of the molecule is O=C(c1c(Cl)cccc1Cl)C(Cl)c1ccccc1. The third kappa shape index (κ3) is 2.69. The molecule has 2 rings (SSSR count). The highest BCUT2D eigenvalue weighted by molar-refractivity contribution is 6.43. The second-order valence-electron chi connectivity index (χ2n) is 3.73. The minimum atomic E-state index is -0.788. The van der Waals surface area contributed by atoms with Crippen LogP contribution in [0.25, 0.3) is 0 Å². The van der Waals surface area contributed by atoms with Gasteiger partial charge in [0.25, 0.3) is 0 Å². The van der Waals surface area contributed by atoms with Crippen LogP contribution < -0.4 is 0 Å². The first kappa shape index (κ1) is 13.4. The van der Waals surface area contributed by atoms with Gasteiger partial charge >= 0.3 is 0 Å².